The molecule has 0 bridgehead atoms. The van der Waals surface area contributed by atoms with E-state index in [4.69, 9.17) is 11.5 Å². The summed E-state index contributed by atoms with van der Waals surface area (Å²) in [6.45, 7) is 7.66. The topological polar surface area (TPSA) is 279 Å². The number of amides is 6. The summed E-state index contributed by atoms with van der Waals surface area (Å²) in [7, 11) is 0. The predicted molar refractivity (Wildman–Crippen MR) is 207 cm³/mol. The van der Waals surface area contributed by atoms with Crippen molar-refractivity contribution in [2.24, 2.45) is 11.5 Å². The van der Waals surface area contributed by atoms with Gasteiger partial charge in [-0.3, -0.25) is 28.8 Å². The molecule has 0 saturated carbocycles. The molecule has 2 rings (SSSR count). The van der Waals surface area contributed by atoms with Gasteiger partial charge >= 0.3 is 5.97 Å². The Hall–Kier alpha value is -3.75. The first-order chi connectivity index (χ1) is 25.6. The molecule has 0 radical (unpaired) electrons. The van der Waals surface area contributed by atoms with Crippen molar-refractivity contribution in [3.63, 3.8) is 0 Å². The molecule has 2 aliphatic heterocycles. The highest BCUT2D eigenvalue weighted by molar-refractivity contribution is 7.80. The van der Waals surface area contributed by atoms with Gasteiger partial charge in [0.1, 0.15) is 36.3 Å². The van der Waals surface area contributed by atoms with Gasteiger partial charge in [0, 0.05) is 31.1 Å². The van der Waals surface area contributed by atoms with E-state index in [9.17, 15) is 43.8 Å². The number of carbonyl (C=O) groups is 7. The number of hydrogen-bond donors (Lipinski definition) is 11. The first-order valence-electron chi connectivity index (χ1n) is 18.5. The number of carboxylic acids is 1. The lowest BCUT2D eigenvalue weighted by atomic mass is 10.0. The van der Waals surface area contributed by atoms with E-state index in [2.05, 4.69) is 58.4 Å². The van der Waals surface area contributed by atoms with Crippen molar-refractivity contribution in [1.82, 2.24) is 36.4 Å². The monoisotopic (exact) mass is 801 g/mol. The third-order valence-corrected chi connectivity index (χ3v) is 10.2. The summed E-state index contributed by atoms with van der Waals surface area (Å²) >= 11 is 7.99. The van der Waals surface area contributed by atoms with E-state index < -0.39 is 89.8 Å². The maximum absolute atomic E-state index is 14.1. The number of aliphatic hydroxyl groups excluding tert-OH is 1. The highest BCUT2D eigenvalue weighted by Gasteiger charge is 2.44. The fourth-order valence-electron chi connectivity index (χ4n) is 6.40. The van der Waals surface area contributed by atoms with Crippen LogP contribution in [0.1, 0.15) is 78.1 Å². The number of unbranched alkanes of at least 4 members (excludes halogenated alkanes) is 2. The van der Waals surface area contributed by atoms with Crippen LogP contribution in [0.5, 0.6) is 0 Å². The van der Waals surface area contributed by atoms with Gasteiger partial charge < -0.3 is 58.1 Å². The average Bonchev–Trinajstić information content (AvgIpc) is 3.83. The van der Waals surface area contributed by atoms with Gasteiger partial charge in [-0.25, -0.2) is 4.79 Å². The van der Waals surface area contributed by atoms with Gasteiger partial charge in [-0.05, 0) is 51.9 Å². The molecule has 0 aliphatic carbocycles. The van der Waals surface area contributed by atoms with E-state index in [1.54, 1.807) is 0 Å². The Morgan fingerprint density at radius 1 is 0.815 bits per heavy atom. The maximum Gasteiger partial charge on any atom is 0.327 e. The first-order valence-corrected chi connectivity index (χ1v) is 19.7. The van der Waals surface area contributed by atoms with Gasteiger partial charge in [-0.15, -0.1) is 0 Å². The van der Waals surface area contributed by atoms with Gasteiger partial charge in [-0.2, -0.15) is 25.3 Å². The highest BCUT2D eigenvalue weighted by atomic mass is 32.1. The fraction of sp³-hybridized carbons (Fsp3) is 0.735. The molecule has 0 spiro atoms. The number of nitrogens with one attached hydrogen (secondary N) is 5. The van der Waals surface area contributed by atoms with Crippen molar-refractivity contribution in [3.05, 3.63) is 12.4 Å². The Bertz CT molecular complexity index is 1340. The van der Waals surface area contributed by atoms with E-state index in [-0.39, 0.29) is 43.3 Å². The Kier molecular flexibility index (Phi) is 20.0. The van der Waals surface area contributed by atoms with Crippen LogP contribution in [0.3, 0.4) is 0 Å². The minimum atomic E-state index is -1.40. The largest absolute Gasteiger partial charge is 0.480 e. The number of rotatable bonds is 23. The van der Waals surface area contributed by atoms with E-state index >= 15 is 0 Å². The van der Waals surface area contributed by atoms with Crippen LogP contribution < -0.4 is 38.1 Å². The van der Waals surface area contributed by atoms with Crippen LogP contribution in [0.2, 0.25) is 0 Å². The third-order valence-electron chi connectivity index (χ3n) is 9.42. The Labute approximate surface area is 327 Å². The lowest BCUT2D eigenvalue weighted by Crippen LogP contribution is -2.60. The summed E-state index contributed by atoms with van der Waals surface area (Å²) in [4.78, 5) is 95.3. The molecule has 18 nitrogen and oxygen atoms in total. The molecule has 2 heterocycles. The Morgan fingerprint density at radius 3 is 2.00 bits per heavy atom. The number of thiol groups is 2. The van der Waals surface area contributed by atoms with Crippen molar-refractivity contribution in [2.45, 2.75) is 126 Å². The maximum atomic E-state index is 14.1. The van der Waals surface area contributed by atoms with Gasteiger partial charge in [-0.1, -0.05) is 32.8 Å². The quantitative estimate of drug-likeness (QED) is 0.0393. The number of carboxylic acid groups (broad SMARTS) is 1. The molecule has 2 saturated heterocycles. The third kappa shape index (κ3) is 13.8. The first kappa shape index (κ1) is 46.4. The molecule has 0 aromatic rings. The molecule has 2 fully saturated rings. The summed E-state index contributed by atoms with van der Waals surface area (Å²) < 4.78 is 0. The van der Waals surface area contributed by atoms with E-state index in [1.165, 1.54) is 16.7 Å². The van der Waals surface area contributed by atoms with Crippen molar-refractivity contribution in [2.75, 3.05) is 31.1 Å². The summed E-state index contributed by atoms with van der Waals surface area (Å²) in [5, 5.41) is 32.8. The van der Waals surface area contributed by atoms with Crippen LogP contribution in [0.4, 0.5) is 0 Å². The van der Waals surface area contributed by atoms with Crippen molar-refractivity contribution in [3.8, 4) is 0 Å². The molecule has 8 atom stereocenters. The normalized spacial score (nSPS) is 20.1. The molecule has 20 heteroatoms. The van der Waals surface area contributed by atoms with Crippen molar-refractivity contribution < 1.29 is 43.8 Å². The van der Waals surface area contributed by atoms with E-state index in [0.29, 0.717) is 45.1 Å². The lowest BCUT2D eigenvalue weighted by Gasteiger charge is -2.34. The van der Waals surface area contributed by atoms with Crippen LogP contribution in [0, 0.1) is 0 Å². The fourth-order valence-corrected chi connectivity index (χ4v) is 6.81. The van der Waals surface area contributed by atoms with E-state index in [0.717, 1.165) is 12.8 Å². The van der Waals surface area contributed by atoms with Gasteiger partial charge in [0.15, 0.2) is 0 Å². The van der Waals surface area contributed by atoms with Crippen LogP contribution in [-0.4, -0.2) is 141 Å². The minimum Gasteiger partial charge on any atom is -0.480 e. The SMILES string of the molecule is C=C(N)NCCC[C@H](NC(=O)[C@@H]1CCCN1C(=O)[C@@H]1CCCN1C(=O)[C@H](CCCCC)NC(=O)[C@@H](NC(=O)[C@@H](N)CS)[C@@H](C)O)C(=O)N[C@@H](CS)C(=O)O. The number of aliphatic hydroxyl groups is 1. The van der Waals surface area contributed by atoms with Gasteiger partial charge in [0.25, 0.3) is 0 Å². The molecule has 306 valence electrons. The van der Waals surface area contributed by atoms with Crippen LogP contribution in [-0.2, 0) is 33.6 Å². The van der Waals surface area contributed by atoms with E-state index in [1.807, 2.05) is 6.92 Å². The predicted octanol–water partition coefficient (Wildman–Crippen LogP) is -2.06. The van der Waals surface area contributed by atoms with Gasteiger partial charge in [0.2, 0.25) is 35.4 Å². The number of likely N-dealkylation sites (tertiary alicyclic amines) is 2. The molecular formula is C34H59N9O9S2. The van der Waals surface area contributed by atoms with Crippen LogP contribution >= 0.6 is 25.3 Å². The smallest absolute Gasteiger partial charge is 0.327 e. The second-order valence-corrected chi connectivity index (χ2v) is 14.4. The molecule has 6 amide bonds. The molecule has 0 aromatic heterocycles. The molecule has 0 aromatic carbocycles. The molecule has 2 aliphatic rings. The second kappa shape index (κ2) is 23.2. The number of hydrogen-bond acceptors (Lipinski definition) is 13. The lowest BCUT2D eigenvalue weighted by molar-refractivity contribution is -0.148. The van der Waals surface area contributed by atoms with Crippen LogP contribution in [0.25, 0.3) is 0 Å². The summed E-state index contributed by atoms with van der Waals surface area (Å²) in [5.74, 6) is -4.99. The Morgan fingerprint density at radius 2 is 1.43 bits per heavy atom. The van der Waals surface area contributed by atoms with Crippen molar-refractivity contribution in [1.29, 1.82) is 0 Å². The number of aliphatic carboxylic acids is 1. The van der Waals surface area contributed by atoms with Crippen molar-refractivity contribution >= 4 is 66.7 Å². The zero-order valence-corrected chi connectivity index (χ0v) is 32.9. The molecule has 0 unspecified atom stereocenters. The molecule has 11 N–H and O–H groups in total. The van der Waals surface area contributed by atoms with Crippen LogP contribution in [0.15, 0.2) is 12.4 Å². The zero-order valence-electron chi connectivity index (χ0n) is 31.1. The number of carbonyl (C=O) groups excluding carboxylic acids is 6. The molecule has 54 heavy (non-hydrogen) atoms. The number of nitrogens with zero attached hydrogens (tertiary/aromatic N) is 2. The molecular weight excluding hydrogens is 743 g/mol. The summed E-state index contributed by atoms with van der Waals surface area (Å²) in [6, 6.07) is -7.79. The Balaban J connectivity index is 2.25. The second-order valence-electron chi connectivity index (χ2n) is 13.7. The zero-order chi connectivity index (χ0) is 40.5. The average molecular weight is 802 g/mol. The summed E-state index contributed by atoms with van der Waals surface area (Å²) in [6.07, 6.45) is 3.21. The standard InChI is InChI=1S/C34H59N9O9S2/c1-4-5-6-10-23(39-31(48)27(19(2)44)41-28(45)21(36)17-53)32(49)43-16-9-13-26(43)33(50)42-15-8-12-25(42)30(47)38-22(11-7-14-37-20(3)35)29(46)40-24(18-54)34(51)52/h19,21-27,37,44,53-54H,3-18,35-36H2,1-2H3,(H,38,47)(H,39,48)(H,40,46)(H,41,45)(H,51,52)/t19-,21+,22+,23+,24+,25+,26+,27+/m1/s1. The highest BCUT2D eigenvalue weighted by Crippen LogP contribution is 2.26. The summed E-state index contributed by atoms with van der Waals surface area (Å²) in [5.41, 5.74) is 11.3. The van der Waals surface area contributed by atoms with Gasteiger partial charge in [0.05, 0.1) is 18.0 Å². The minimum absolute atomic E-state index is 0.00526. The number of nitrogens with two attached hydrogens (primary N) is 2.